The van der Waals surface area contributed by atoms with Gasteiger partial charge in [-0.2, -0.15) is 0 Å². The van der Waals surface area contributed by atoms with Crippen LogP contribution >= 0.6 is 0 Å². The third-order valence-corrected chi connectivity index (χ3v) is 4.96. The van der Waals surface area contributed by atoms with Crippen molar-refractivity contribution in [3.63, 3.8) is 0 Å². The Morgan fingerprint density at radius 1 is 1.27 bits per heavy atom. The molecule has 0 saturated carbocycles. The Kier molecular flexibility index (Phi) is 6.38. The summed E-state index contributed by atoms with van der Waals surface area (Å²) in [7, 11) is 0. The molecule has 0 spiro atoms. The van der Waals surface area contributed by atoms with Crippen LogP contribution in [0.1, 0.15) is 44.7 Å². The Balaban J connectivity index is 1.67. The molecule has 1 fully saturated rings. The van der Waals surface area contributed by atoms with Gasteiger partial charge in [0.2, 0.25) is 5.91 Å². The lowest BCUT2D eigenvalue weighted by molar-refractivity contribution is -0.124. The molecule has 2 heterocycles. The zero-order valence-corrected chi connectivity index (χ0v) is 15.7. The Morgan fingerprint density at radius 2 is 2.04 bits per heavy atom. The van der Waals surface area contributed by atoms with E-state index in [0.717, 1.165) is 42.9 Å². The monoisotopic (exact) mass is 362 g/mol. The van der Waals surface area contributed by atoms with Gasteiger partial charge in [0.1, 0.15) is 0 Å². The molecule has 2 aliphatic rings. The largest absolute Gasteiger partial charge is 0.490 e. The normalized spacial score (nSPS) is 21.9. The number of likely N-dealkylation sites (tertiary alicyclic amines) is 1. The standard InChI is InChI=1S/C20H30N2O4/c1-14(2)20(21-19(24)13-22-8-3-5-16(23)12-22)15-6-7-17-18(11-15)26-10-4-9-25-17/h6-7,11,14,16,20,23H,3-5,8-10,12-13H2,1-2H3,(H,21,24). The molecule has 0 aliphatic carbocycles. The van der Waals surface area contributed by atoms with E-state index in [0.29, 0.717) is 26.3 Å². The van der Waals surface area contributed by atoms with E-state index in [1.807, 2.05) is 23.1 Å². The van der Waals surface area contributed by atoms with Gasteiger partial charge in [-0.25, -0.2) is 0 Å². The van der Waals surface area contributed by atoms with Crippen LogP contribution in [-0.2, 0) is 4.79 Å². The van der Waals surface area contributed by atoms with Crippen molar-refractivity contribution in [1.82, 2.24) is 10.2 Å². The van der Waals surface area contributed by atoms with Gasteiger partial charge in [-0.15, -0.1) is 0 Å². The molecule has 0 radical (unpaired) electrons. The fourth-order valence-electron chi connectivity index (χ4n) is 3.61. The van der Waals surface area contributed by atoms with Gasteiger partial charge in [-0.1, -0.05) is 19.9 Å². The number of piperidine rings is 1. The second-order valence-electron chi connectivity index (χ2n) is 7.58. The molecule has 0 bridgehead atoms. The number of nitrogens with zero attached hydrogens (tertiary/aromatic N) is 1. The number of nitrogens with one attached hydrogen (secondary N) is 1. The number of carbonyl (C=O) groups is 1. The molecule has 2 unspecified atom stereocenters. The van der Waals surface area contributed by atoms with Gasteiger partial charge in [0, 0.05) is 13.0 Å². The fourth-order valence-corrected chi connectivity index (χ4v) is 3.61. The Bertz CT molecular complexity index is 620. The van der Waals surface area contributed by atoms with Crippen LogP contribution in [0, 0.1) is 5.92 Å². The van der Waals surface area contributed by atoms with Crippen LogP contribution in [0.4, 0.5) is 0 Å². The third kappa shape index (κ3) is 4.89. The van der Waals surface area contributed by atoms with Crippen LogP contribution in [-0.4, -0.2) is 54.9 Å². The van der Waals surface area contributed by atoms with Gasteiger partial charge in [0.05, 0.1) is 31.9 Å². The number of aliphatic hydroxyl groups excluding tert-OH is 1. The highest BCUT2D eigenvalue weighted by molar-refractivity contribution is 5.78. The van der Waals surface area contributed by atoms with Crippen LogP contribution in [0.3, 0.4) is 0 Å². The van der Waals surface area contributed by atoms with E-state index in [9.17, 15) is 9.90 Å². The van der Waals surface area contributed by atoms with Crippen molar-refractivity contribution in [1.29, 1.82) is 0 Å². The predicted molar refractivity (Wildman–Crippen MR) is 99.5 cm³/mol. The lowest BCUT2D eigenvalue weighted by Crippen LogP contribution is -2.45. The van der Waals surface area contributed by atoms with Gasteiger partial charge < -0.3 is 19.9 Å². The number of fused-ring (bicyclic) bond motifs is 1. The maximum absolute atomic E-state index is 12.6. The summed E-state index contributed by atoms with van der Waals surface area (Å²) in [6.45, 7) is 7.26. The molecule has 144 valence electrons. The van der Waals surface area contributed by atoms with Gasteiger partial charge in [0.15, 0.2) is 11.5 Å². The second kappa shape index (κ2) is 8.73. The third-order valence-electron chi connectivity index (χ3n) is 4.96. The Hall–Kier alpha value is -1.79. The van der Waals surface area contributed by atoms with Crippen molar-refractivity contribution < 1.29 is 19.4 Å². The predicted octanol–water partition coefficient (Wildman–Crippen LogP) is 2.12. The number of rotatable bonds is 5. The van der Waals surface area contributed by atoms with Crippen molar-refractivity contribution in [2.24, 2.45) is 5.92 Å². The smallest absolute Gasteiger partial charge is 0.234 e. The highest BCUT2D eigenvalue weighted by Gasteiger charge is 2.24. The van der Waals surface area contributed by atoms with E-state index in [2.05, 4.69) is 19.2 Å². The van der Waals surface area contributed by atoms with Gasteiger partial charge >= 0.3 is 0 Å². The Labute approximate surface area is 155 Å². The second-order valence-corrected chi connectivity index (χ2v) is 7.58. The minimum absolute atomic E-state index is 0.00934. The summed E-state index contributed by atoms with van der Waals surface area (Å²) in [6.07, 6.45) is 2.31. The summed E-state index contributed by atoms with van der Waals surface area (Å²) in [5.74, 6) is 1.75. The number of amides is 1. The van der Waals surface area contributed by atoms with E-state index < -0.39 is 0 Å². The van der Waals surface area contributed by atoms with E-state index in [1.165, 1.54) is 0 Å². The zero-order chi connectivity index (χ0) is 18.5. The van der Waals surface area contributed by atoms with E-state index in [1.54, 1.807) is 0 Å². The van der Waals surface area contributed by atoms with Crippen molar-refractivity contribution in [3.05, 3.63) is 23.8 Å². The number of aliphatic hydroxyl groups is 1. The van der Waals surface area contributed by atoms with Crippen LogP contribution in [0.5, 0.6) is 11.5 Å². The quantitative estimate of drug-likeness (QED) is 0.840. The average Bonchev–Trinajstić information content (AvgIpc) is 2.84. The number of ether oxygens (including phenoxy) is 2. The minimum Gasteiger partial charge on any atom is -0.490 e. The van der Waals surface area contributed by atoms with Gasteiger partial charge in [0.25, 0.3) is 0 Å². The van der Waals surface area contributed by atoms with Crippen LogP contribution in [0.25, 0.3) is 0 Å². The first-order valence-electron chi connectivity index (χ1n) is 9.62. The fraction of sp³-hybridized carbons (Fsp3) is 0.650. The number of β-amino-alcohol motifs (C(OH)–C–C–N with tert-alkyl or cyclic N) is 1. The molecule has 1 saturated heterocycles. The topological polar surface area (TPSA) is 71.0 Å². The molecule has 2 atom stereocenters. The van der Waals surface area contributed by atoms with Crippen molar-refractivity contribution in [3.8, 4) is 11.5 Å². The maximum Gasteiger partial charge on any atom is 0.234 e. The summed E-state index contributed by atoms with van der Waals surface area (Å²) in [4.78, 5) is 14.6. The minimum atomic E-state index is -0.320. The molecular weight excluding hydrogens is 332 g/mol. The van der Waals surface area contributed by atoms with Crippen molar-refractivity contribution in [2.45, 2.75) is 45.3 Å². The Morgan fingerprint density at radius 3 is 2.77 bits per heavy atom. The molecule has 3 rings (SSSR count). The number of hydrogen-bond acceptors (Lipinski definition) is 5. The van der Waals surface area contributed by atoms with Crippen molar-refractivity contribution in [2.75, 3.05) is 32.8 Å². The first kappa shape index (κ1) is 19.0. The molecule has 6 nitrogen and oxygen atoms in total. The molecule has 1 aromatic carbocycles. The summed E-state index contributed by atoms with van der Waals surface area (Å²) in [6, 6.07) is 5.83. The zero-order valence-electron chi connectivity index (χ0n) is 15.7. The SMILES string of the molecule is CC(C)C(NC(=O)CN1CCCC(O)C1)c1ccc2c(c1)OCCCO2. The summed E-state index contributed by atoms with van der Waals surface area (Å²) in [5, 5.41) is 12.9. The van der Waals surface area contributed by atoms with Gasteiger partial charge in [-0.3, -0.25) is 9.69 Å². The molecule has 2 N–H and O–H groups in total. The van der Waals surface area contributed by atoms with Crippen LogP contribution in [0.2, 0.25) is 0 Å². The van der Waals surface area contributed by atoms with Gasteiger partial charge in [-0.05, 0) is 43.0 Å². The first-order chi connectivity index (χ1) is 12.5. The average molecular weight is 362 g/mol. The molecule has 1 amide bonds. The first-order valence-corrected chi connectivity index (χ1v) is 9.62. The summed E-state index contributed by atoms with van der Waals surface area (Å²) in [5.41, 5.74) is 1.02. The number of hydrogen-bond donors (Lipinski definition) is 2. The highest BCUT2D eigenvalue weighted by atomic mass is 16.5. The molecule has 6 heteroatoms. The lowest BCUT2D eigenvalue weighted by Gasteiger charge is -2.30. The highest BCUT2D eigenvalue weighted by Crippen LogP contribution is 2.34. The van der Waals surface area contributed by atoms with E-state index >= 15 is 0 Å². The van der Waals surface area contributed by atoms with Crippen LogP contribution in [0.15, 0.2) is 18.2 Å². The molecule has 1 aromatic rings. The van der Waals surface area contributed by atoms with Crippen molar-refractivity contribution >= 4 is 5.91 Å². The molecular formula is C20H30N2O4. The number of benzene rings is 1. The molecule has 26 heavy (non-hydrogen) atoms. The van der Waals surface area contributed by atoms with Crippen LogP contribution < -0.4 is 14.8 Å². The summed E-state index contributed by atoms with van der Waals surface area (Å²) < 4.78 is 11.5. The summed E-state index contributed by atoms with van der Waals surface area (Å²) >= 11 is 0. The van der Waals surface area contributed by atoms with E-state index in [4.69, 9.17) is 9.47 Å². The molecule has 0 aromatic heterocycles. The molecule has 2 aliphatic heterocycles. The lowest BCUT2D eigenvalue weighted by atomic mass is 9.95. The number of carbonyl (C=O) groups excluding carboxylic acids is 1. The maximum atomic E-state index is 12.6. The van der Waals surface area contributed by atoms with E-state index in [-0.39, 0.29) is 24.0 Å².